The van der Waals surface area contributed by atoms with Gasteiger partial charge in [-0.15, -0.1) is 0 Å². The summed E-state index contributed by atoms with van der Waals surface area (Å²) in [7, 11) is 1.57. The highest BCUT2D eigenvalue weighted by atomic mass is 19.1. The fourth-order valence-corrected chi connectivity index (χ4v) is 2.44. The molecule has 0 saturated heterocycles. The first-order valence-corrected chi connectivity index (χ1v) is 8.19. The van der Waals surface area contributed by atoms with E-state index in [1.807, 2.05) is 6.07 Å². The predicted octanol–water partition coefficient (Wildman–Crippen LogP) is 4.23. The number of aryl methyl sites for hydroxylation is 2. The molecule has 1 heterocycles. The standard InChI is InChI=1S/C21H18FNO3/c1-25-19-11-5-16(6-12-19)21(24)26-20-13-10-18(23-14-20)9-4-15-2-7-17(22)8-3-15/h2-3,5-8,10-14H,4,9H2,1H3. The lowest BCUT2D eigenvalue weighted by Gasteiger charge is -2.06. The molecule has 0 aliphatic rings. The number of rotatable bonds is 6. The van der Waals surface area contributed by atoms with E-state index >= 15 is 0 Å². The number of esters is 1. The van der Waals surface area contributed by atoms with Gasteiger partial charge in [-0.05, 0) is 66.9 Å². The molecule has 26 heavy (non-hydrogen) atoms. The highest BCUT2D eigenvalue weighted by Gasteiger charge is 2.09. The van der Waals surface area contributed by atoms with Crippen LogP contribution in [0.1, 0.15) is 21.6 Å². The van der Waals surface area contributed by atoms with Crippen molar-refractivity contribution in [1.82, 2.24) is 4.98 Å². The predicted molar refractivity (Wildman–Crippen MR) is 96.0 cm³/mol. The van der Waals surface area contributed by atoms with Crippen LogP contribution in [-0.2, 0) is 12.8 Å². The first-order valence-electron chi connectivity index (χ1n) is 8.19. The number of hydrogen-bond donors (Lipinski definition) is 0. The van der Waals surface area contributed by atoms with Crippen molar-refractivity contribution in [2.75, 3.05) is 7.11 Å². The van der Waals surface area contributed by atoms with E-state index in [2.05, 4.69) is 4.98 Å². The quantitative estimate of drug-likeness (QED) is 0.624. The molecule has 132 valence electrons. The van der Waals surface area contributed by atoms with Crippen molar-refractivity contribution in [3.8, 4) is 11.5 Å². The van der Waals surface area contributed by atoms with Gasteiger partial charge in [0.15, 0.2) is 0 Å². The molecule has 0 amide bonds. The molecular weight excluding hydrogens is 333 g/mol. The van der Waals surface area contributed by atoms with E-state index in [1.165, 1.54) is 18.3 Å². The molecule has 0 atom stereocenters. The molecule has 5 heteroatoms. The van der Waals surface area contributed by atoms with Crippen LogP contribution in [0.5, 0.6) is 11.5 Å². The molecule has 0 aliphatic carbocycles. The Bertz CT molecular complexity index is 859. The summed E-state index contributed by atoms with van der Waals surface area (Å²) >= 11 is 0. The average Bonchev–Trinajstić information content (AvgIpc) is 2.68. The number of aromatic nitrogens is 1. The molecular formula is C21H18FNO3. The minimum absolute atomic E-state index is 0.241. The Morgan fingerprint density at radius 2 is 1.62 bits per heavy atom. The van der Waals surface area contributed by atoms with Gasteiger partial charge in [-0.1, -0.05) is 12.1 Å². The van der Waals surface area contributed by atoms with Gasteiger partial charge in [0, 0.05) is 5.69 Å². The zero-order chi connectivity index (χ0) is 18.4. The minimum atomic E-state index is -0.450. The second kappa shape index (κ2) is 8.25. The van der Waals surface area contributed by atoms with E-state index in [0.717, 1.165) is 24.1 Å². The van der Waals surface area contributed by atoms with Gasteiger partial charge in [0.1, 0.15) is 17.3 Å². The Kier molecular flexibility index (Phi) is 5.59. The summed E-state index contributed by atoms with van der Waals surface area (Å²) in [5, 5.41) is 0. The average molecular weight is 351 g/mol. The molecule has 0 radical (unpaired) electrons. The zero-order valence-electron chi connectivity index (χ0n) is 14.3. The van der Waals surface area contributed by atoms with Crippen molar-refractivity contribution in [1.29, 1.82) is 0 Å². The summed E-state index contributed by atoms with van der Waals surface area (Å²) < 4.78 is 23.3. The molecule has 3 aromatic rings. The van der Waals surface area contributed by atoms with E-state index in [9.17, 15) is 9.18 Å². The Hall–Kier alpha value is -3.21. The number of carbonyl (C=O) groups is 1. The van der Waals surface area contributed by atoms with Crippen molar-refractivity contribution >= 4 is 5.97 Å². The van der Waals surface area contributed by atoms with Crippen LogP contribution in [-0.4, -0.2) is 18.1 Å². The van der Waals surface area contributed by atoms with Gasteiger partial charge in [-0.2, -0.15) is 0 Å². The van der Waals surface area contributed by atoms with E-state index in [-0.39, 0.29) is 5.82 Å². The summed E-state index contributed by atoms with van der Waals surface area (Å²) in [6, 6.07) is 16.7. The van der Waals surface area contributed by atoms with Crippen LogP contribution in [0, 0.1) is 5.82 Å². The molecule has 0 aliphatic heterocycles. The van der Waals surface area contributed by atoms with E-state index < -0.39 is 5.97 Å². The maximum absolute atomic E-state index is 12.9. The van der Waals surface area contributed by atoms with E-state index in [4.69, 9.17) is 9.47 Å². The van der Waals surface area contributed by atoms with Gasteiger partial charge in [0.05, 0.1) is 18.9 Å². The molecule has 0 unspecified atom stereocenters. The van der Waals surface area contributed by atoms with Crippen molar-refractivity contribution in [2.24, 2.45) is 0 Å². The molecule has 0 N–H and O–H groups in total. The number of carbonyl (C=O) groups excluding carboxylic acids is 1. The number of methoxy groups -OCH3 is 1. The maximum Gasteiger partial charge on any atom is 0.343 e. The van der Waals surface area contributed by atoms with Gasteiger partial charge in [-0.3, -0.25) is 4.98 Å². The summed E-state index contributed by atoms with van der Waals surface area (Å²) in [5.41, 5.74) is 2.35. The summed E-state index contributed by atoms with van der Waals surface area (Å²) in [6.45, 7) is 0. The van der Waals surface area contributed by atoms with Crippen LogP contribution in [0.4, 0.5) is 4.39 Å². The molecule has 0 spiro atoms. The Morgan fingerprint density at radius 3 is 2.23 bits per heavy atom. The van der Waals surface area contributed by atoms with Crippen LogP contribution >= 0.6 is 0 Å². The van der Waals surface area contributed by atoms with Crippen LogP contribution in [0.2, 0.25) is 0 Å². The maximum atomic E-state index is 12.9. The lowest BCUT2D eigenvalue weighted by atomic mass is 10.1. The van der Waals surface area contributed by atoms with Crippen LogP contribution in [0.25, 0.3) is 0 Å². The monoisotopic (exact) mass is 351 g/mol. The third-order valence-electron chi connectivity index (χ3n) is 3.92. The van der Waals surface area contributed by atoms with Crippen LogP contribution < -0.4 is 9.47 Å². The Balaban J connectivity index is 1.56. The number of halogens is 1. The fraction of sp³-hybridized carbons (Fsp3) is 0.143. The smallest absolute Gasteiger partial charge is 0.343 e. The molecule has 0 bridgehead atoms. The van der Waals surface area contributed by atoms with E-state index in [0.29, 0.717) is 17.1 Å². The second-order valence-electron chi connectivity index (χ2n) is 5.73. The molecule has 2 aromatic carbocycles. The SMILES string of the molecule is COc1ccc(C(=O)Oc2ccc(CCc3ccc(F)cc3)nc2)cc1. The molecule has 4 nitrogen and oxygen atoms in total. The van der Waals surface area contributed by atoms with Crippen molar-refractivity contribution < 1.29 is 18.7 Å². The summed E-state index contributed by atoms with van der Waals surface area (Å²) in [4.78, 5) is 16.4. The number of pyridine rings is 1. The topological polar surface area (TPSA) is 48.4 Å². The van der Waals surface area contributed by atoms with Gasteiger partial charge in [0.25, 0.3) is 0 Å². The highest BCUT2D eigenvalue weighted by molar-refractivity contribution is 5.91. The number of benzene rings is 2. The normalized spacial score (nSPS) is 10.4. The van der Waals surface area contributed by atoms with Gasteiger partial charge in [0.2, 0.25) is 0 Å². The number of ether oxygens (including phenoxy) is 2. The van der Waals surface area contributed by atoms with Crippen molar-refractivity contribution in [3.05, 3.63) is 89.5 Å². The van der Waals surface area contributed by atoms with Crippen LogP contribution in [0.15, 0.2) is 66.9 Å². The summed E-state index contributed by atoms with van der Waals surface area (Å²) in [6.07, 6.45) is 3.01. The van der Waals surface area contributed by atoms with Gasteiger partial charge < -0.3 is 9.47 Å². The molecule has 0 fully saturated rings. The van der Waals surface area contributed by atoms with Crippen molar-refractivity contribution in [2.45, 2.75) is 12.8 Å². The fourth-order valence-electron chi connectivity index (χ4n) is 2.44. The highest BCUT2D eigenvalue weighted by Crippen LogP contribution is 2.16. The molecule has 0 saturated carbocycles. The molecule has 1 aromatic heterocycles. The third kappa shape index (κ3) is 4.66. The first kappa shape index (κ1) is 17.6. The lowest BCUT2D eigenvalue weighted by molar-refractivity contribution is 0.0734. The Morgan fingerprint density at radius 1 is 0.923 bits per heavy atom. The van der Waals surface area contributed by atoms with Gasteiger partial charge >= 0.3 is 5.97 Å². The number of hydrogen-bond acceptors (Lipinski definition) is 4. The van der Waals surface area contributed by atoms with Gasteiger partial charge in [-0.25, -0.2) is 9.18 Å². The number of nitrogens with zero attached hydrogens (tertiary/aromatic N) is 1. The molecule has 3 rings (SSSR count). The largest absolute Gasteiger partial charge is 0.497 e. The zero-order valence-corrected chi connectivity index (χ0v) is 14.3. The summed E-state index contributed by atoms with van der Waals surface area (Å²) in [5.74, 6) is 0.369. The van der Waals surface area contributed by atoms with Crippen molar-refractivity contribution in [3.63, 3.8) is 0 Å². The van der Waals surface area contributed by atoms with E-state index in [1.54, 1.807) is 49.6 Å². The second-order valence-corrected chi connectivity index (χ2v) is 5.73. The first-order chi connectivity index (χ1) is 12.6. The third-order valence-corrected chi connectivity index (χ3v) is 3.92. The Labute approximate surface area is 151 Å². The lowest BCUT2D eigenvalue weighted by Crippen LogP contribution is -2.08. The minimum Gasteiger partial charge on any atom is -0.497 e. The van der Waals surface area contributed by atoms with Crippen LogP contribution in [0.3, 0.4) is 0 Å².